The van der Waals surface area contributed by atoms with E-state index >= 15 is 0 Å². The molecule has 0 aromatic heterocycles. The molecule has 4 heteroatoms. The number of aliphatic hydroxyl groups is 1. The summed E-state index contributed by atoms with van der Waals surface area (Å²) in [6.45, 7) is 3.51. The Hall–Kier alpha value is -2.30. The number of carbonyl (C=O) groups excluding carboxylic acids is 1. The predicted molar refractivity (Wildman–Crippen MR) is 76.9 cm³/mol. The quantitative estimate of drug-likeness (QED) is 0.850. The van der Waals surface area contributed by atoms with Gasteiger partial charge in [0.25, 0.3) is 5.91 Å². The van der Waals surface area contributed by atoms with Crippen molar-refractivity contribution in [3.63, 3.8) is 0 Å². The van der Waals surface area contributed by atoms with Gasteiger partial charge in [-0.1, -0.05) is 11.8 Å². The third-order valence-electron chi connectivity index (χ3n) is 3.00. The molecule has 0 bridgehead atoms. The fourth-order valence-corrected chi connectivity index (χ4v) is 1.79. The van der Waals surface area contributed by atoms with E-state index in [4.69, 9.17) is 10.4 Å². The first-order valence-corrected chi connectivity index (χ1v) is 6.35. The Morgan fingerprint density at radius 2 is 2.15 bits per heavy atom. The maximum absolute atomic E-state index is 12.4. The van der Waals surface area contributed by atoms with Crippen LogP contribution in [0.4, 0.5) is 0 Å². The minimum Gasteiger partial charge on any atom is -0.384 e. The molecule has 0 spiro atoms. The van der Waals surface area contributed by atoms with Crippen molar-refractivity contribution in [2.24, 2.45) is 0 Å². The third-order valence-corrected chi connectivity index (χ3v) is 3.00. The Bertz CT molecular complexity index is 591. The van der Waals surface area contributed by atoms with E-state index in [-0.39, 0.29) is 18.6 Å². The zero-order valence-electron chi connectivity index (χ0n) is 12.0. The summed E-state index contributed by atoms with van der Waals surface area (Å²) < 4.78 is 0. The van der Waals surface area contributed by atoms with E-state index in [0.29, 0.717) is 17.5 Å². The molecule has 0 aliphatic heterocycles. The van der Waals surface area contributed by atoms with Crippen LogP contribution in [0.1, 0.15) is 34.8 Å². The minimum absolute atomic E-state index is 0.136. The maximum Gasteiger partial charge on any atom is 0.253 e. The van der Waals surface area contributed by atoms with Gasteiger partial charge >= 0.3 is 0 Å². The average Bonchev–Trinajstić information content (AvgIpc) is 2.43. The highest BCUT2D eigenvalue weighted by Gasteiger charge is 2.17. The van der Waals surface area contributed by atoms with E-state index in [1.54, 1.807) is 24.1 Å². The van der Waals surface area contributed by atoms with Crippen molar-refractivity contribution in [3.8, 4) is 17.9 Å². The summed E-state index contributed by atoms with van der Waals surface area (Å²) in [4.78, 5) is 13.9. The van der Waals surface area contributed by atoms with Crippen molar-refractivity contribution in [3.05, 3.63) is 34.9 Å². The highest BCUT2D eigenvalue weighted by atomic mass is 16.2. The molecule has 0 saturated heterocycles. The van der Waals surface area contributed by atoms with Crippen LogP contribution in [0.3, 0.4) is 0 Å². The average molecular weight is 270 g/mol. The van der Waals surface area contributed by atoms with Crippen molar-refractivity contribution in [1.29, 1.82) is 5.26 Å². The summed E-state index contributed by atoms with van der Waals surface area (Å²) in [6, 6.07) is 7.28. The summed E-state index contributed by atoms with van der Waals surface area (Å²) in [5, 5.41) is 17.4. The van der Waals surface area contributed by atoms with Crippen LogP contribution in [-0.2, 0) is 0 Å². The summed E-state index contributed by atoms with van der Waals surface area (Å²) in [7, 11) is 1.69. The van der Waals surface area contributed by atoms with Gasteiger partial charge in [-0.05, 0) is 37.6 Å². The van der Waals surface area contributed by atoms with Crippen LogP contribution in [0.2, 0.25) is 0 Å². The number of nitrogens with zero attached hydrogens (tertiary/aromatic N) is 2. The molecule has 20 heavy (non-hydrogen) atoms. The predicted octanol–water partition coefficient (Wildman–Crippen LogP) is 1.71. The largest absolute Gasteiger partial charge is 0.384 e. The van der Waals surface area contributed by atoms with Gasteiger partial charge in [0.2, 0.25) is 0 Å². The van der Waals surface area contributed by atoms with Gasteiger partial charge in [0.15, 0.2) is 0 Å². The Labute approximate surface area is 119 Å². The lowest BCUT2D eigenvalue weighted by Gasteiger charge is -2.23. The van der Waals surface area contributed by atoms with Crippen molar-refractivity contribution in [1.82, 2.24) is 4.90 Å². The van der Waals surface area contributed by atoms with E-state index in [1.807, 2.05) is 19.9 Å². The van der Waals surface area contributed by atoms with E-state index in [1.165, 1.54) is 0 Å². The zero-order valence-corrected chi connectivity index (χ0v) is 12.0. The summed E-state index contributed by atoms with van der Waals surface area (Å²) in [6.07, 6.45) is 0.297. The molecule has 1 unspecified atom stereocenters. The highest BCUT2D eigenvalue weighted by molar-refractivity contribution is 5.94. The third kappa shape index (κ3) is 4.12. The Morgan fingerprint density at radius 3 is 2.75 bits per heavy atom. The number of carbonyl (C=O) groups is 1. The first kappa shape index (κ1) is 15.8. The fourth-order valence-electron chi connectivity index (χ4n) is 1.79. The van der Waals surface area contributed by atoms with E-state index in [9.17, 15) is 4.79 Å². The number of aliphatic hydroxyl groups excluding tert-OH is 1. The molecule has 1 rings (SSSR count). The second-order valence-electron chi connectivity index (χ2n) is 4.67. The number of hydrogen-bond acceptors (Lipinski definition) is 3. The monoisotopic (exact) mass is 270 g/mol. The van der Waals surface area contributed by atoms with Gasteiger partial charge in [0.1, 0.15) is 6.61 Å². The summed E-state index contributed by atoms with van der Waals surface area (Å²) in [5.41, 5.74) is 2.17. The molecule has 0 aliphatic carbocycles. The lowest BCUT2D eigenvalue weighted by Crippen LogP contribution is -2.34. The smallest absolute Gasteiger partial charge is 0.253 e. The number of benzene rings is 1. The minimum atomic E-state index is -0.212. The van der Waals surface area contributed by atoms with Crippen LogP contribution in [0.15, 0.2) is 18.2 Å². The van der Waals surface area contributed by atoms with Gasteiger partial charge in [0.05, 0.1) is 12.5 Å². The summed E-state index contributed by atoms with van der Waals surface area (Å²) in [5.74, 6) is 5.23. The first-order chi connectivity index (χ1) is 9.49. The zero-order chi connectivity index (χ0) is 15.1. The molecule has 0 saturated carbocycles. The molecule has 1 aromatic rings. The van der Waals surface area contributed by atoms with Gasteiger partial charge < -0.3 is 10.0 Å². The van der Waals surface area contributed by atoms with Crippen LogP contribution >= 0.6 is 0 Å². The van der Waals surface area contributed by atoms with E-state index in [0.717, 1.165) is 5.56 Å². The number of amides is 1. The molecule has 1 atom stereocenters. The van der Waals surface area contributed by atoms with Crippen LogP contribution < -0.4 is 0 Å². The molecule has 4 nitrogen and oxygen atoms in total. The molecule has 1 N–H and O–H groups in total. The van der Waals surface area contributed by atoms with Gasteiger partial charge in [-0.2, -0.15) is 5.26 Å². The Morgan fingerprint density at radius 1 is 1.45 bits per heavy atom. The molecular weight excluding hydrogens is 252 g/mol. The van der Waals surface area contributed by atoms with Gasteiger partial charge in [-0.25, -0.2) is 0 Å². The van der Waals surface area contributed by atoms with Gasteiger partial charge in [-0.15, -0.1) is 0 Å². The highest BCUT2D eigenvalue weighted by Crippen LogP contribution is 2.13. The fraction of sp³-hybridized carbons (Fsp3) is 0.375. The maximum atomic E-state index is 12.4. The second-order valence-corrected chi connectivity index (χ2v) is 4.67. The van der Waals surface area contributed by atoms with E-state index in [2.05, 4.69) is 17.9 Å². The normalized spacial score (nSPS) is 10.9. The Balaban J connectivity index is 3.04. The van der Waals surface area contributed by atoms with Gasteiger partial charge in [0, 0.05) is 24.2 Å². The molecule has 1 aromatic carbocycles. The number of rotatable bonds is 3. The molecule has 0 heterocycles. The Kier molecular flexibility index (Phi) is 5.77. The lowest BCUT2D eigenvalue weighted by molar-refractivity contribution is 0.0746. The lowest BCUT2D eigenvalue weighted by atomic mass is 10.0. The number of hydrogen-bond donors (Lipinski definition) is 1. The van der Waals surface area contributed by atoms with Crippen LogP contribution in [0.5, 0.6) is 0 Å². The SMILES string of the molecule is Cc1cc(C#CCO)cc(C(=O)N(C)C(C)CC#N)c1. The molecule has 0 radical (unpaired) electrons. The van der Waals surface area contributed by atoms with Crippen molar-refractivity contribution in [2.75, 3.05) is 13.7 Å². The topological polar surface area (TPSA) is 64.3 Å². The van der Waals surface area contributed by atoms with Crippen molar-refractivity contribution < 1.29 is 9.90 Å². The number of aryl methyl sites for hydroxylation is 1. The van der Waals surface area contributed by atoms with Crippen LogP contribution in [-0.4, -0.2) is 35.6 Å². The molecular formula is C16H18N2O2. The van der Waals surface area contributed by atoms with Crippen molar-refractivity contribution in [2.45, 2.75) is 26.3 Å². The van der Waals surface area contributed by atoms with Crippen LogP contribution in [0.25, 0.3) is 0 Å². The van der Waals surface area contributed by atoms with Gasteiger partial charge in [-0.3, -0.25) is 4.79 Å². The molecule has 0 fully saturated rings. The first-order valence-electron chi connectivity index (χ1n) is 6.35. The second kappa shape index (κ2) is 7.33. The van der Waals surface area contributed by atoms with E-state index < -0.39 is 0 Å². The van der Waals surface area contributed by atoms with Crippen molar-refractivity contribution >= 4 is 5.91 Å². The molecule has 0 aliphatic rings. The van der Waals surface area contributed by atoms with Crippen LogP contribution in [0, 0.1) is 30.1 Å². The molecule has 1 amide bonds. The molecule has 104 valence electrons. The number of nitriles is 1. The standard InChI is InChI=1S/C16H18N2O2/c1-12-9-14(5-4-8-19)11-15(10-12)16(20)18(3)13(2)6-7-17/h9-11,13,19H,6,8H2,1-3H3. The summed E-state index contributed by atoms with van der Waals surface area (Å²) >= 11 is 0.